The molecule has 96 valence electrons. The Balaban J connectivity index is 2.14. The minimum Gasteiger partial charge on any atom is -0.508 e. The van der Waals surface area contributed by atoms with Gasteiger partial charge in [-0.1, -0.05) is 12.1 Å². The van der Waals surface area contributed by atoms with Gasteiger partial charge < -0.3 is 14.7 Å². The van der Waals surface area contributed by atoms with Crippen molar-refractivity contribution in [3.05, 3.63) is 52.8 Å². The van der Waals surface area contributed by atoms with E-state index < -0.39 is 0 Å². The number of nitrogens with one attached hydrogen (secondary N) is 1. The van der Waals surface area contributed by atoms with Crippen LogP contribution in [0.2, 0.25) is 0 Å². The lowest BCUT2D eigenvalue weighted by atomic mass is 10.1. The van der Waals surface area contributed by atoms with Gasteiger partial charge in [-0.15, -0.1) is 0 Å². The van der Waals surface area contributed by atoms with Gasteiger partial charge in [0, 0.05) is 0 Å². The number of hydrogen-bond acceptors (Lipinski definition) is 4. The third-order valence-electron chi connectivity index (χ3n) is 3.14. The van der Waals surface area contributed by atoms with Gasteiger partial charge >= 0.3 is 0 Å². The molecule has 2 N–H and O–H groups in total. The van der Waals surface area contributed by atoms with E-state index in [0.717, 1.165) is 5.56 Å². The third kappa shape index (κ3) is 1.87. The maximum atomic E-state index is 11.6. The first-order chi connectivity index (χ1) is 9.16. The molecular formula is C13H12N4O2. The quantitative estimate of drug-likeness (QED) is 0.726. The van der Waals surface area contributed by atoms with Crippen LogP contribution in [0.5, 0.6) is 5.75 Å². The summed E-state index contributed by atoms with van der Waals surface area (Å²) in [5, 5.41) is 9.52. The van der Waals surface area contributed by atoms with E-state index >= 15 is 0 Å². The highest BCUT2D eigenvalue weighted by molar-refractivity contribution is 5.69. The summed E-state index contributed by atoms with van der Waals surface area (Å²) in [6.45, 7) is 1.96. The van der Waals surface area contributed by atoms with Gasteiger partial charge in [-0.2, -0.15) is 0 Å². The third-order valence-corrected chi connectivity index (χ3v) is 3.14. The zero-order valence-electron chi connectivity index (χ0n) is 10.2. The highest BCUT2D eigenvalue weighted by Gasteiger charge is 2.14. The molecule has 2 heterocycles. The highest BCUT2D eigenvalue weighted by Crippen LogP contribution is 2.23. The largest absolute Gasteiger partial charge is 0.508 e. The predicted octanol–water partition coefficient (Wildman–Crippen LogP) is 1.43. The number of aromatic hydroxyl groups is 1. The number of rotatable bonds is 2. The first-order valence-electron chi connectivity index (χ1n) is 5.86. The minimum atomic E-state index is -0.258. The zero-order chi connectivity index (χ0) is 13.4. The van der Waals surface area contributed by atoms with Gasteiger partial charge in [0.1, 0.15) is 5.75 Å². The van der Waals surface area contributed by atoms with Crippen LogP contribution in [0.15, 0.2) is 41.7 Å². The van der Waals surface area contributed by atoms with Gasteiger partial charge in [-0.3, -0.25) is 4.79 Å². The molecule has 0 radical (unpaired) electrons. The summed E-state index contributed by atoms with van der Waals surface area (Å²) in [7, 11) is 0. The van der Waals surface area contributed by atoms with Crippen molar-refractivity contribution in [1.29, 1.82) is 0 Å². The molecule has 6 heteroatoms. The van der Waals surface area contributed by atoms with E-state index in [1.165, 1.54) is 6.33 Å². The van der Waals surface area contributed by atoms with E-state index in [4.69, 9.17) is 0 Å². The van der Waals surface area contributed by atoms with E-state index in [9.17, 15) is 9.90 Å². The molecule has 0 aliphatic heterocycles. The minimum absolute atomic E-state index is 0.0774. The topological polar surface area (TPSA) is 83.8 Å². The Kier molecular flexibility index (Phi) is 2.56. The second-order valence-electron chi connectivity index (χ2n) is 4.33. The molecule has 0 unspecified atom stereocenters. The summed E-state index contributed by atoms with van der Waals surface area (Å²) >= 11 is 0. The van der Waals surface area contributed by atoms with Crippen molar-refractivity contribution in [2.45, 2.75) is 13.0 Å². The van der Waals surface area contributed by atoms with Gasteiger partial charge in [0.15, 0.2) is 11.2 Å². The van der Waals surface area contributed by atoms with Crippen molar-refractivity contribution in [2.75, 3.05) is 0 Å². The number of phenolic OH excluding ortho intramolecular Hbond substituents is 1. The second kappa shape index (κ2) is 4.24. The van der Waals surface area contributed by atoms with Crippen LogP contribution >= 0.6 is 0 Å². The molecule has 3 rings (SSSR count). The molecule has 3 aromatic rings. The van der Waals surface area contributed by atoms with E-state index in [1.807, 2.05) is 13.0 Å². The summed E-state index contributed by atoms with van der Waals surface area (Å²) < 4.78 is 1.80. The monoisotopic (exact) mass is 256 g/mol. The Morgan fingerprint density at radius 3 is 3.00 bits per heavy atom. The lowest BCUT2D eigenvalue weighted by Gasteiger charge is -2.14. The smallest absolute Gasteiger partial charge is 0.278 e. The molecule has 0 amide bonds. The normalized spacial score (nSPS) is 12.7. The summed E-state index contributed by atoms with van der Waals surface area (Å²) in [6, 6.07) is 6.91. The van der Waals surface area contributed by atoms with Crippen LogP contribution in [0.3, 0.4) is 0 Å². The first-order valence-corrected chi connectivity index (χ1v) is 5.86. The summed E-state index contributed by atoms with van der Waals surface area (Å²) in [4.78, 5) is 22.3. The Hall–Kier alpha value is -2.63. The molecule has 2 aromatic heterocycles. The van der Waals surface area contributed by atoms with E-state index in [2.05, 4.69) is 15.0 Å². The number of imidazole rings is 1. The van der Waals surface area contributed by atoms with Gasteiger partial charge in [0.05, 0.1) is 18.7 Å². The van der Waals surface area contributed by atoms with Crippen LogP contribution in [0.25, 0.3) is 11.2 Å². The maximum Gasteiger partial charge on any atom is 0.278 e. The molecule has 0 fully saturated rings. The maximum absolute atomic E-state index is 11.6. The lowest BCUT2D eigenvalue weighted by molar-refractivity contribution is 0.473. The molecule has 1 atom stereocenters. The molecule has 0 saturated heterocycles. The van der Waals surface area contributed by atoms with Crippen molar-refractivity contribution >= 4 is 11.2 Å². The Bertz CT molecular complexity index is 790. The molecule has 0 bridgehead atoms. The standard InChI is InChI=1S/C13H12N4O2/c1-8(9-3-2-4-10(18)5-9)17-7-16-11-12(17)14-6-15-13(11)19/h2-8,18H,1H3,(H,14,15,19)/t8-/m0/s1. The average molecular weight is 256 g/mol. The van der Waals surface area contributed by atoms with Crippen LogP contribution in [0.4, 0.5) is 0 Å². The van der Waals surface area contributed by atoms with Crippen molar-refractivity contribution in [2.24, 2.45) is 0 Å². The number of benzene rings is 1. The SMILES string of the molecule is C[C@@H](c1cccc(O)c1)n1cnc2c(=O)[nH]cnc21. The first kappa shape index (κ1) is 11.5. The molecule has 1 aromatic carbocycles. The van der Waals surface area contributed by atoms with E-state index in [-0.39, 0.29) is 17.4 Å². The van der Waals surface area contributed by atoms with Gasteiger partial charge in [-0.25, -0.2) is 9.97 Å². The van der Waals surface area contributed by atoms with Crippen molar-refractivity contribution in [1.82, 2.24) is 19.5 Å². The van der Waals surface area contributed by atoms with E-state index in [1.54, 1.807) is 29.1 Å². The van der Waals surface area contributed by atoms with Crippen LogP contribution < -0.4 is 5.56 Å². The molecule has 0 aliphatic rings. The van der Waals surface area contributed by atoms with Crippen LogP contribution in [-0.2, 0) is 0 Å². The van der Waals surface area contributed by atoms with Crippen molar-refractivity contribution < 1.29 is 5.11 Å². The fourth-order valence-corrected chi connectivity index (χ4v) is 2.09. The summed E-state index contributed by atoms with van der Waals surface area (Å²) in [5.41, 5.74) is 1.50. The van der Waals surface area contributed by atoms with Crippen molar-refractivity contribution in [3.8, 4) is 5.75 Å². The lowest BCUT2D eigenvalue weighted by Crippen LogP contribution is -2.10. The fraction of sp³-hybridized carbons (Fsp3) is 0.154. The van der Waals surface area contributed by atoms with Crippen LogP contribution in [-0.4, -0.2) is 24.6 Å². The van der Waals surface area contributed by atoms with Crippen LogP contribution in [0, 0.1) is 0 Å². The zero-order valence-corrected chi connectivity index (χ0v) is 10.2. The number of aromatic nitrogens is 4. The molecule has 6 nitrogen and oxygen atoms in total. The highest BCUT2D eigenvalue weighted by atomic mass is 16.3. The van der Waals surface area contributed by atoms with Gasteiger partial charge in [0.2, 0.25) is 0 Å². The van der Waals surface area contributed by atoms with E-state index in [0.29, 0.717) is 11.2 Å². The second-order valence-corrected chi connectivity index (χ2v) is 4.33. The Morgan fingerprint density at radius 2 is 2.21 bits per heavy atom. The molecule has 19 heavy (non-hydrogen) atoms. The Morgan fingerprint density at radius 1 is 1.37 bits per heavy atom. The Labute approximate surface area is 108 Å². The summed E-state index contributed by atoms with van der Waals surface area (Å²) in [5.74, 6) is 0.208. The molecular weight excluding hydrogens is 244 g/mol. The predicted molar refractivity (Wildman–Crippen MR) is 70.1 cm³/mol. The number of aromatic amines is 1. The molecule has 0 saturated carbocycles. The average Bonchev–Trinajstić information content (AvgIpc) is 2.83. The molecule has 0 spiro atoms. The number of fused-ring (bicyclic) bond motifs is 1. The van der Waals surface area contributed by atoms with Crippen molar-refractivity contribution in [3.63, 3.8) is 0 Å². The number of phenols is 1. The number of H-pyrrole nitrogens is 1. The van der Waals surface area contributed by atoms with Gasteiger partial charge in [-0.05, 0) is 24.6 Å². The van der Waals surface area contributed by atoms with Crippen LogP contribution in [0.1, 0.15) is 18.5 Å². The number of hydrogen-bond donors (Lipinski definition) is 2. The molecule has 0 aliphatic carbocycles. The summed E-state index contributed by atoms with van der Waals surface area (Å²) in [6.07, 6.45) is 2.94. The fourth-order valence-electron chi connectivity index (χ4n) is 2.09. The number of nitrogens with zero attached hydrogens (tertiary/aromatic N) is 3. The van der Waals surface area contributed by atoms with Gasteiger partial charge in [0.25, 0.3) is 5.56 Å².